The predicted octanol–water partition coefficient (Wildman–Crippen LogP) is 1.01. The van der Waals surface area contributed by atoms with Gasteiger partial charge in [0.1, 0.15) is 12.4 Å². The standard InChI is InChI=1S/C17H28N2O5S/c1-22-11-12-24-15-3-5-16(6-4-15)25(20,21)19-13-17(14-23-2)7-9-18-10-8-17/h3-6,18-19H,7-14H2,1-2H3. The molecule has 2 N–H and O–H groups in total. The fourth-order valence-electron chi connectivity index (χ4n) is 2.92. The molecule has 7 nitrogen and oxygen atoms in total. The van der Waals surface area contributed by atoms with Crippen LogP contribution in [0.1, 0.15) is 12.8 Å². The Bertz CT molecular complexity index is 607. The Morgan fingerprint density at radius 3 is 2.36 bits per heavy atom. The molecule has 0 aromatic heterocycles. The average Bonchev–Trinajstić information content (AvgIpc) is 2.62. The minimum Gasteiger partial charge on any atom is -0.491 e. The molecule has 2 rings (SSSR count). The molecule has 0 saturated carbocycles. The molecule has 0 spiro atoms. The molecule has 1 heterocycles. The third-order valence-electron chi connectivity index (χ3n) is 4.44. The van der Waals surface area contributed by atoms with Crippen LogP contribution < -0.4 is 14.8 Å². The number of hydrogen-bond acceptors (Lipinski definition) is 6. The minimum absolute atomic E-state index is 0.156. The zero-order chi connectivity index (χ0) is 18.2. The second-order valence-electron chi connectivity index (χ2n) is 6.32. The Balaban J connectivity index is 1.98. The Labute approximate surface area is 150 Å². The van der Waals surface area contributed by atoms with E-state index < -0.39 is 10.0 Å². The first-order valence-electron chi connectivity index (χ1n) is 8.42. The first-order chi connectivity index (χ1) is 12.0. The molecule has 1 aromatic rings. The van der Waals surface area contributed by atoms with Crippen LogP contribution in [-0.4, -0.2) is 62.1 Å². The second-order valence-corrected chi connectivity index (χ2v) is 8.09. The van der Waals surface area contributed by atoms with E-state index in [1.165, 1.54) is 0 Å². The van der Waals surface area contributed by atoms with Crippen molar-refractivity contribution in [1.82, 2.24) is 10.0 Å². The lowest BCUT2D eigenvalue weighted by molar-refractivity contribution is 0.0577. The van der Waals surface area contributed by atoms with Crippen molar-refractivity contribution in [3.8, 4) is 5.75 Å². The normalized spacial score (nSPS) is 17.4. The summed E-state index contributed by atoms with van der Waals surface area (Å²) < 4.78 is 43.6. The van der Waals surface area contributed by atoms with Gasteiger partial charge in [-0.1, -0.05) is 0 Å². The van der Waals surface area contributed by atoms with Crippen molar-refractivity contribution in [2.75, 3.05) is 53.7 Å². The zero-order valence-electron chi connectivity index (χ0n) is 14.9. The topological polar surface area (TPSA) is 85.9 Å². The molecule has 0 unspecified atom stereocenters. The van der Waals surface area contributed by atoms with Gasteiger partial charge in [0.2, 0.25) is 10.0 Å². The maximum absolute atomic E-state index is 12.6. The summed E-state index contributed by atoms with van der Waals surface area (Å²) >= 11 is 0. The van der Waals surface area contributed by atoms with Crippen LogP contribution in [0, 0.1) is 5.41 Å². The molecule has 0 aliphatic carbocycles. The van der Waals surface area contributed by atoms with Gasteiger partial charge in [0.05, 0.1) is 18.1 Å². The Kier molecular flexibility index (Phi) is 7.64. The van der Waals surface area contributed by atoms with Crippen LogP contribution in [0.5, 0.6) is 5.75 Å². The summed E-state index contributed by atoms with van der Waals surface area (Å²) in [6.45, 7) is 3.57. The van der Waals surface area contributed by atoms with Gasteiger partial charge in [-0.2, -0.15) is 0 Å². The summed E-state index contributed by atoms with van der Waals surface area (Å²) in [5, 5.41) is 3.30. The van der Waals surface area contributed by atoms with Crippen LogP contribution >= 0.6 is 0 Å². The molecule has 8 heteroatoms. The van der Waals surface area contributed by atoms with Crippen molar-refractivity contribution < 1.29 is 22.6 Å². The minimum atomic E-state index is -3.56. The smallest absolute Gasteiger partial charge is 0.240 e. The maximum atomic E-state index is 12.6. The number of nitrogens with one attached hydrogen (secondary N) is 2. The molecule has 1 aromatic carbocycles. The number of piperidine rings is 1. The number of methoxy groups -OCH3 is 2. The van der Waals surface area contributed by atoms with Gasteiger partial charge in [0.25, 0.3) is 0 Å². The van der Waals surface area contributed by atoms with E-state index in [0.29, 0.717) is 32.1 Å². The van der Waals surface area contributed by atoms with E-state index in [1.807, 2.05) is 0 Å². The largest absolute Gasteiger partial charge is 0.491 e. The predicted molar refractivity (Wildman–Crippen MR) is 95.4 cm³/mol. The zero-order valence-corrected chi connectivity index (χ0v) is 15.7. The SMILES string of the molecule is COCCOc1ccc(S(=O)(=O)NCC2(COC)CCNCC2)cc1. The summed E-state index contributed by atoms with van der Waals surface area (Å²) in [7, 11) is -0.310. The van der Waals surface area contributed by atoms with E-state index in [2.05, 4.69) is 10.0 Å². The van der Waals surface area contributed by atoms with E-state index in [4.69, 9.17) is 14.2 Å². The summed E-state index contributed by atoms with van der Waals surface area (Å²) in [6.07, 6.45) is 1.77. The summed E-state index contributed by atoms with van der Waals surface area (Å²) in [5.74, 6) is 0.616. The molecule has 0 atom stereocenters. The number of benzene rings is 1. The van der Waals surface area contributed by atoms with Crippen molar-refractivity contribution >= 4 is 10.0 Å². The lowest BCUT2D eigenvalue weighted by Gasteiger charge is -2.37. The van der Waals surface area contributed by atoms with Crippen LogP contribution in [0.3, 0.4) is 0 Å². The molecule has 1 aliphatic rings. The molecular formula is C17H28N2O5S. The summed E-state index contributed by atoms with van der Waals surface area (Å²) in [6, 6.07) is 6.41. The highest BCUT2D eigenvalue weighted by Crippen LogP contribution is 2.29. The first kappa shape index (κ1) is 20.1. The van der Waals surface area contributed by atoms with Gasteiger partial charge in [0, 0.05) is 26.2 Å². The second kappa shape index (κ2) is 9.49. The fourth-order valence-corrected chi connectivity index (χ4v) is 4.08. The highest BCUT2D eigenvalue weighted by Gasteiger charge is 2.33. The Hall–Kier alpha value is -1.19. The number of hydrogen-bond donors (Lipinski definition) is 2. The van der Waals surface area contributed by atoms with E-state index in [9.17, 15) is 8.42 Å². The van der Waals surface area contributed by atoms with Crippen molar-refractivity contribution in [3.05, 3.63) is 24.3 Å². The van der Waals surface area contributed by atoms with Crippen molar-refractivity contribution in [1.29, 1.82) is 0 Å². The number of rotatable bonds is 10. The molecule has 25 heavy (non-hydrogen) atoms. The van der Waals surface area contributed by atoms with Gasteiger partial charge in [-0.15, -0.1) is 0 Å². The third-order valence-corrected chi connectivity index (χ3v) is 5.86. The lowest BCUT2D eigenvalue weighted by atomic mass is 9.80. The van der Waals surface area contributed by atoms with Gasteiger partial charge >= 0.3 is 0 Å². The highest BCUT2D eigenvalue weighted by molar-refractivity contribution is 7.89. The van der Waals surface area contributed by atoms with E-state index in [1.54, 1.807) is 38.5 Å². The van der Waals surface area contributed by atoms with Gasteiger partial charge in [-0.25, -0.2) is 13.1 Å². The van der Waals surface area contributed by atoms with Gasteiger partial charge in [-0.05, 0) is 50.2 Å². The molecule has 0 bridgehead atoms. The number of ether oxygens (including phenoxy) is 3. The van der Waals surface area contributed by atoms with Crippen molar-refractivity contribution in [2.24, 2.45) is 5.41 Å². The third kappa shape index (κ3) is 5.93. The van der Waals surface area contributed by atoms with Crippen LogP contribution in [0.4, 0.5) is 0 Å². The molecule has 1 aliphatic heterocycles. The first-order valence-corrected chi connectivity index (χ1v) is 9.91. The van der Waals surface area contributed by atoms with Gasteiger partial charge in [-0.3, -0.25) is 0 Å². The van der Waals surface area contributed by atoms with Gasteiger partial charge < -0.3 is 19.5 Å². The summed E-state index contributed by atoms with van der Waals surface area (Å²) in [5.41, 5.74) is -0.156. The van der Waals surface area contributed by atoms with Crippen LogP contribution in [0.2, 0.25) is 0 Å². The summed E-state index contributed by atoms with van der Waals surface area (Å²) in [4.78, 5) is 0.230. The van der Waals surface area contributed by atoms with Crippen LogP contribution in [-0.2, 0) is 19.5 Å². The van der Waals surface area contributed by atoms with Gasteiger partial charge in [0.15, 0.2) is 0 Å². The van der Waals surface area contributed by atoms with E-state index in [-0.39, 0.29) is 10.3 Å². The molecule has 1 saturated heterocycles. The van der Waals surface area contributed by atoms with Crippen LogP contribution in [0.25, 0.3) is 0 Å². The van der Waals surface area contributed by atoms with Crippen molar-refractivity contribution in [2.45, 2.75) is 17.7 Å². The monoisotopic (exact) mass is 372 g/mol. The molecule has 0 amide bonds. The van der Waals surface area contributed by atoms with Crippen LogP contribution in [0.15, 0.2) is 29.2 Å². The molecular weight excluding hydrogens is 344 g/mol. The van der Waals surface area contributed by atoms with E-state index in [0.717, 1.165) is 25.9 Å². The Morgan fingerprint density at radius 1 is 1.08 bits per heavy atom. The molecule has 1 fully saturated rings. The Morgan fingerprint density at radius 2 is 1.76 bits per heavy atom. The molecule has 142 valence electrons. The van der Waals surface area contributed by atoms with E-state index >= 15 is 0 Å². The number of sulfonamides is 1. The fraction of sp³-hybridized carbons (Fsp3) is 0.647. The lowest BCUT2D eigenvalue weighted by Crippen LogP contribution is -2.47. The molecule has 0 radical (unpaired) electrons. The van der Waals surface area contributed by atoms with Crippen molar-refractivity contribution in [3.63, 3.8) is 0 Å². The maximum Gasteiger partial charge on any atom is 0.240 e. The highest BCUT2D eigenvalue weighted by atomic mass is 32.2. The quantitative estimate of drug-likeness (QED) is 0.596. The average molecular weight is 372 g/mol.